The Morgan fingerprint density at radius 1 is 1.19 bits per heavy atom. The second-order valence-electron chi connectivity index (χ2n) is 5.26. The fraction of sp³-hybridized carbons (Fsp3) is 0.467. The maximum absolute atomic E-state index is 13.5. The summed E-state index contributed by atoms with van der Waals surface area (Å²) in [5.74, 6) is -0.967. The number of carbonyl (C=O) groups is 2. The van der Waals surface area contributed by atoms with Gasteiger partial charge in [0, 0.05) is 31.7 Å². The van der Waals surface area contributed by atoms with E-state index in [0.717, 1.165) is 0 Å². The Labute approximate surface area is 123 Å². The van der Waals surface area contributed by atoms with Crippen LogP contribution in [0, 0.1) is 12.7 Å². The van der Waals surface area contributed by atoms with Gasteiger partial charge in [-0.2, -0.15) is 0 Å². The minimum atomic E-state index is -1.03. The fourth-order valence-corrected chi connectivity index (χ4v) is 2.30. The molecule has 0 radical (unpaired) electrons. The molecule has 1 aliphatic rings. The predicted octanol–water partition coefficient (Wildman–Crippen LogP) is 0.799. The van der Waals surface area contributed by atoms with Crippen molar-refractivity contribution < 1.29 is 19.1 Å². The number of hydrogen-bond acceptors (Lipinski definition) is 3. The Bertz CT molecular complexity index is 552. The van der Waals surface area contributed by atoms with Crippen molar-refractivity contribution in [2.75, 3.05) is 26.2 Å². The van der Waals surface area contributed by atoms with Gasteiger partial charge in [0.15, 0.2) is 0 Å². The average Bonchev–Trinajstić information content (AvgIpc) is 2.48. The first kappa shape index (κ1) is 15.4. The molecule has 1 fully saturated rings. The van der Waals surface area contributed by atoms with Crippen LogP contribution in [0.3, 0.4) is 0 Å². The van der Waals surface area contributed by atoms with Gasteiger partial charge in [0.2, 0.25) is 0 Å². The summed E-state index contributed by atoms with van der Waals surface area (Å²) in [7, 11) is 0. The van der Waals surface area contributed by atoms with E-state index in [4.69, 9.17) is 0 Å². The number of amides is 2. The van der Waals surface area contributed by atoms with Gasteiger partial charge in [0.1, 0.15) is 11.9 Å². The van der Waals surface area contributed by atoms with Crippen LogP contribution in [0.2, 0.25) is 0 Å². The molecule has 0 aliphatic carbocycles. The van der Waals surface area contributed by atoms with Crippen molar-refractivity contribution in [3.8, 4) is 0 Å². The first-order valence-corrected chi connectivity index (χ1v) is 6.92. The van der Waals surface area contributed by atoms with E-state index < -0.39 is 11.9 Å². The van der Waals surface area contributed by atoms with Gasteiger partial charge in [0.25, 0.3) is 11.8 Å². The summed E-state index contributed by atoms with van der Waals surface area (Å²) in [6.45, 7) is 4.59. The third kappa shape index (κ3) is 3.39. The minimum Gasteiger partial charge on any atom is -0.384 e. The number of rotatable bonds is 2. The fourth-order valence-electron chi connectivity index (χ4n) is 2.30. The largest absolute Gasteiger partial charge is 0.384 e. The summed E-state index contributed by atoms with van der Waals surface area (Å²) in [5.41, 5.74) is 0.812. The van der Waals surface area contributed by atoms with Crippen molar-refractivity contribution in [3.63, 3.8) is 0 Å². The van der Waals surface area contributed by atoms with E-state index in [0.29, 0.717) is 37.3 Å². The number of aryl methyl sites for hydroxylation is 1. The molecular formula is C15H19FN2O3. The summed E-state index contributed by atoms with van der Waals surface area (Å²) in [6, 6.07) is 4.43. The molecule has 6 heteroatoms. The van der Waals surface area contributed by atoms with E-state index in [1.165, 1.54) is 17.9 Å². The maximum Gasteiger partial charge on any atom is 0.254 e. The summed E-state index contributed by atoms with van der Waals surface area (Å²) in [4.78, 5) is 27.1. The van der Waals surface area contributed by atoms with E-state index in [1.54, 1.807) is 24.0 Å². The van der Waals surface area contributed by atoms with E-state index in [-0.39, 0.29) is 11.8 Å². The number of hydrogen-bond donors (Lipinski definition) is 1. The number of piperazine rings is 1. The molecule has 1 aromatic rings. The van der Waals surface area contributed by atoms with E-state index in [9.17, 15) is 19.1 Å². The van der Waals surface area contributed by atoms with Crippen LogP contribution in [0.4, 0.5) is 4.39 Å². The number of nitrogens with zero attached hydrogens (tertiary/aromatic N) is 2. The highest BCUT2D eigenvalue weighted by Gasteiger charge is 2.26. The molecule has 0 bridgehead atoms. The number of benzene rings is 1. The Morgan fingerprint density at radius 2 is 1.76 bits per heavy atom. The zero-order valence-electron chi connectivity index (χ0n) is 12.2. The molecule has 1 aliphatic heterocycles. The highest BCUT2D eigenvalue weighted by Crippen LogP contribution is 2.13. The number of aliphatic hydroxyl groups is 1. The Morgan fingerprint density at radius 3 is 2.29 bits per heavy atom. The average molecular weight is 294 g/mol. The molecule has 114 valence electrons. The first-order chi connectivity index (χ1) is 9.90. The highest BCUT2D eigenvalue weighted by molar-refractivity contribution is 5.94. The van der Waals surface area contributed by atoms with Gasteiger partial charge in [-0.1, -0.05) is 6.07 Å². The predicted molar refractivity (Wildman–Crippen MR) is 75.3 cm³/mol. The van der Waals surface area contributed by atoms with Crippen LogP contribution in [0.5, 0.6) is 0 Å². The third-order valence-electron chi connectivity index (χ3n) is 3.65. The van der Waals surface area contributed by atoms with Crippen molar-refractivity contribution in [1.82, 2.24) is 9.80 Å². The molecule has 1 saturated heterocycles. The third-order valence-corrected chi connectivity index (χ3v) is 3.65. The maximum atomic E-state index is 13.5. The summed E-state index contributed by atoms with van der Waals surface area (Å²) < 4.78 is 13.5. The molecule has 2 amide bonds. The van der Waals surface area contributed by atoms with E-state index in [2.05, 4.69) is 0 Å². The van der Waals surface area contributed by atoms with Gasteiger partial charge in [-0.25, -0.2) is 4.39 Å². The second kappa shape index (κ2) is 6.22. The molecule has 21 heavy (non-hydrogen) atoms. The normalized spacial score (nSPS) is 16.8. The molecule has 2 rings (SSSR count). The molecule has 1 aromatic carbocycles. The van der Waals surface area contributed by atoms with Crippen LogP contribution in [0.15, 0.2) is 18.2 Å². The van der Waals surface area contributed by atoms with Crippen molar-refractivity contribution in [2.45, 2.75) is 20.0 Å². The SMILES string of the molecule is Cc1ccc(C(=O)N2CCN(C(=O)C(C)O)CC2)cc1F. The van der Waals surface area contributed by atoms with E-state index in [1.807, 2.05) is 0 Å². The molecule has 0 aromatic heterocycles. The van der Waals surface area contributed by atoms with Gasteiger partial charge in [-0.3, -0.25) is 9.59 Å². The Hall–Kier alpha value is -1.95. The Kier molecular flexibility index (Phi) is 4.57. The lowest BCUT2D eigenvalue weighted by Crippen LogP contribution is -2.52. The number of carbonyl (C=O) groups excluding carboxylic acids is 2. The molecule has 1 atom stereocenters. The lowest BCUT2D eigenvalue weighted by atomic mass is 10.1. The highest BCUT2D eigenvalue weighted by atomic mass is 19.1. The van der Waals surface area contributed by atoms with Crippen LogP contribution in [-0.2, 0) is 4.79 Å². The standard InChI is InChI=1S/C15H19FN2O3/c1-10-3-4-12(9-13(10)16)15(21)18-7-5-17(6-8-18)14(20)11(2)19/h3-4,9,11,19H,5-8H2,1-2H3. The van der Waals surface area contributed by atoms with Crippen LogP contribution < -0.4 is 0 Å². The monoisotopic (exact) mass is 294 g/mol. The lowest BCUT2D eigenvalue weighted by molar-refractivity contribution is -0.140. The quantitative estimate of drug-likeness (QED) is 0.877. The molecule has 1 unspecified atom stereocenters. The summed E-state index contributed by atoms with van der Waals surface area (Å²) in [5, 5.41) is 9.27. The minimum absolute atomic E-state index is 0.238. The van der Waals surface area contributed by atoms with Gasteiger partial charge < -0.3 is 14.9 Å². The second-order valence-corrected chi connectivity index (χ2v) is 5.26. The molecule has 0 saturated carbocycles. The van der Waals surface area contributed by atoms with Crippen LogP contribution >= 0.6 is 0 Å². The van der Waals surface area contributed by atoms with Crippen molar-refractivity contribution >= 4 is 11.8 Å². The number of halogens is 1. The van der Waals surface area contributed by atoms with E-state index >= 15 is 0 Å². The Balaban J connectivity index is 2.00. The molecule has 0 spiro atoms. The summed E-state index contributed by atoms with van der Waals surface area (Å²) >= 11 is 0. The molecule has 1 N–H and O–H groups in total. The molecular weight excluding hydrogens is 275 g/mol. The van der Waals surface area contributed by atoms with Crippen molar-refractivity contribution in [2.24, 2.45) is 0 Å². The lowest BCUT2D eigenvalue weighted by Gasteiger charge is -2.35. The van der Waals surface area contributed by atoms with Crippen LogP contribution in [0.25, 0.3) is 0 Å². The zero-order valence-corrected chi connectivity index (χ0v) is 12.2. The topological polar surface area (TPSA) is 60.9 Å². The first-order valence-electron chi connectivity index (χ1n) is 6.92. The van der Waals surface area contributed by atoms with Crippen LogP contribution in [0.1, 0.15) is 22.8 Å². The summed E-state index contributed by atoms with van der Waals surface area (Å²) in [6.07, 6.45) is -1.03. The van der Waals surface area contributed by atoms with Gasteiger partial charge >= 0.3 is 0 Å². The zero-order chi connectivity index (χ0) is 15.6. The van der Waals surface area contributed by atoms with Gasteiger partial charge in [0.05, 0.1) is 0 Å². The number of aliphatic hydroxyl groups excluding tert-OH is 1. The van der Waals surface area contributed by atoms with Crippen LogP contribution in [-0.4, -0.2) is 59.0 Å². The molecule has 5 nitrogen and oxygen atoms in total. The molecule has 1 heterocycles. The van der Waals surface area contributed by atoms with Gasteiger partial charge in [-0.05, 0) is 31.5 Å². The van der Waals surface area contributed by atoms with Gasteiger partial charge in [-0.15, -0.1) is 0 Å². The smallest absolute Gasteiger partial charge is 0.254 e. The van der Waals surface area contributed by atoms with Crippen molar-refractivity contribution in [1.29, 1.82) is 0 Å². The van der Waals surface area contributed by atoms with Crippen molar-refractivity contribution in [3.05, 3.63) is 35.1 Å².